The van der Waals surface area contributed by atoms with Gasteiger partial charge in [-0.05, 0) is 25.1 Å². The highest BCUT2D eigenvalue weighted by atomic mass is 32.1. The van der Waals surface area contributed by atoms with Crippen molar-refractivity contribution in [2.24, 2.45) is 0 Å². The summed E-state index contributed by atoms with van der Waals surface area (Å²) in [7, 11) is 0. The van der Waals surface area contributed by atoms with Crippen LogP contribution in [0.15, 0.2) is 36.8 Å². The van der Waals surface area contributed by atoms with E-state index in [-0.39, 0.29) is 37.5 Å². The maximum Gasteiger partial charge on any atom is 0.416 e. The normalized spacial score (nSPS) is 12.8. The molecular weight excluding hydrogens is 486 g/mol. The van der Waals surface area contributed by atoms with E-state index in [2.05, 4.69) is 20.4 Å². The Morgan fingerprint density at radius 3 is 2.06 bits per heavy atom. The summed E-state index contributed by atoms with van der Waals surface area (Å²) < 4.78 is 106. The molecule has 0 aliphatic rings. The summed E-state index contributed by atoms with van der Waals surface area (Å²) in [6, 6.07) is -0.231. The Labute approximate surface area is 187 Å². The first-order chi connectivity index (χ1) is 14.8. The molecule has 2 aromatic heterocycles. The lowest BCUT2D eigenvalue weighted by molar-refractivity contribution is -0.143. The number of pyridine rings is 1. The fourth-order valence-electron chi connectivity index (χ4n) is 2.70. The highest BCUT2D eigenvalue weighted by Gasteiger charge is 2.37. The minimum atomic E-state index is -5.13. The van der Waals surface area contributed by atoms with Gasteiger partial charge in [-0.25, -0.2) is 18.7 Å². The van der Waals surface area contributed by atoms with Crippen LogP contribution in [0.4, 0.5) is 35.1 Å². The van der Waals surface area contributed by atoms with E-state index in [1.165, 1.54) is 6.92 Å². The Morgan fingerprint density at radius 2 is 1.55 bits per heavy atom. The van der Waals surface area contributed by atoms with Crippen LogP contribution in [0.1, 0.15) is 40.3 Å². The third kappa shape index (κ3) is 5.77. The molecule has 0 saturated heterocycles. The van der Waals surface area contributed by atoms with Crippen molar-refractivity contribution in [1.82, 2.24) is 25.1 Å². The van der Waals surface area contributed by atoms with Crippen molar-refractivity contribution in [2.45, 2.75) is 25.3 Å². The van der Waals surface area contributed by atoms with Crippen LogP contribution in [0.25, 0.3) is 5.82 Å². The van der Waals surface area contributed by atoms with Crippen LogP contribution < -0.4 is 5.32 Å². The summed E-state index contributed by atoms with van der Waals surface area (Å²) in [6.45, 7) is 1.28. The van der Waals surface area contributed by atoms with E-state index in [0.29, 0.717) is 12.3 Å². The number of nitrogens with one attached hydrogen (secondary N) is 1. The van der Waals surface area contributed by atoms with Gasteiger partial charge in [0.15, 0.2) is 17.5 Å². The van der Waals surface area contributed by atoms with Crippen LogP contribution in [0.3, 0.4) is 0 Å². The van der Waals surface area contributed by atoms with E-state index in [9.17, 15) is 39.9 Å². The van der Waals surface area contributed by atoms with Crippen LogP contribution in [0.2, 0.25) is 0 Å². The number of hydrogen-bond acceptors (Lipinski definition) is 4. The molecule has 0 bridgehead atoms. The van der Waals surface area contributed by atoms with Crippen LogP contribution in [-0.2, 0) is 12.4 Å². The number of amides is 1. The van der Waals surface area contributed by atoms with Gasteiger partial charge in [0.2, 0.25) is 0 Å². The molecule has 0 saturated carbocycles. The SMILES string of the molecule is C[C@H](NC(=O)c1cc(C(F)(F)F)cc(C(F)(F)F)c1)c1ncnn1-c1ncc(F)cc1F.S. The summed E-state index contributed by atoms with van der Waals surface area (Å²) in [6.07, 6.45) is -8.63. The third-order valence-corrected chi connectivity index (χ3v) is 4.15. The van der Waals surface area contributed by atoms with Gasteiger partial charge in [-0.2, -0.15) is 49.6 Å². The number of hydrogen-bond donors (Lipinski definition) is 1. The van der Waals surface area contributed by atoms with Crippen molar-refractivity contribution in [2.75, 3.05) is 0 Å². The predicted octanol–water partition coefficient (Wildman–Crippen LogP) is 4.58. The minimum absolute atomic E-state index is 0. The number of carbonyl (C=O) groups is 1. The Bertz CT molecular complexity index is 1130. The van der Waals surface area contributed by atoms with Crippen molar-refractivity contribution >= 4 is 19.4 Å². The lowest BCUT2D eigenvalue weighted by atomic mass is 10.0. The minimum Gasteiger partial charge on any atom is -0.342 e. The second kappa shape index (κ2) is 9.33. The molecule has 15 heteroatoms. The van der Waals surface area contributed by atoms with E-state index in [1.807, 2.05) is 0 Å². The zero-order valence-corrected chi connectivity index (χ0v) is 17.3. The fraction of sp³-hybridized carbons (Fsp3) is 0.222. The van der Waals surface area contributed by atoms with Crippen molar-refractivity contribution in [1.29, 1.82) is 0 Å². The zero-order chi connectivity index (χ0) is 23.8. The Kier molecular flexibility index (Phi) is 7.36. The maximum absolute atomic E-state index is 14.0. The molecule has 3 aromatic rings. The highest BCUT2D eigenvalue weighted by Crippen LogP contribution is 2.36. The van der Waals surface area contributed by atoms with Gasteiger partial charge in [-0.15, -0.1) is 0 Å². The fourth-order valence-corrected chi connectivity index (χ4v) is 2.70. The molecule has 1 atom stereocenters. The van der Waals surface area contributed by atoms with Gasteiger partial charge in [0.25, 0.3) is 5.91 Å². The second-order valence-corrected chi connectivity index (χ2v) is 6.48. The number of benzene rings is 1. The summed E-state index contributed by atoms with van der Waals surface area (Å²) in [5.74, 6) is -4.03. The lowest BCUT2D eigenvalue weighted by Crippen LogP contribution is -2.29. The molecule has 33 heavy (non-hydrogen) atoms. The average molecular weight is 499 g/mol. The first-order valence-corrected chi connectivity index (χ1v) is 8.59. The Hall–Kier alpha value is -3.23. The standard InChI is InChI=1S/C18H11F8N5O.H2S/c1-8(14-28-7-29-31(14)15-13(20)5-12(19)6-27-15)30-16(32)9-2-10(17(21,22)23)4-11(3-9)18(24,25)26;/h2-8H,1H3,(H,30,32);1H2/t8-;/m0./s1. The largest absolute Gasteiger partial charge is 0.416 e. The number of aromatic nitrogens is 4. The smallest absolute Gasteiger partial charge is 0.342 e. The molecule has 6 nitrogen and oxygen atoms in total. The number of alkyl halides is 6. The molecule has 0 unspecified atom stereocenters. The van der Waals surface area contributed by atoms with Gasteiger partial charge >= 0.3 is 12.4 Å². The highest BCUT2D eigenvalue weighted by molar-refractivity contribution is 7.59. The molecule has 178 valence electrons. The molecule has 2 heterocycles. The molecule has 1 amide bonds. The Morgan fingerprint density at radius 1 is 0.970 bits per heavy atom. The molecule has 1 N–H and O–H groups in total. The molecule has 1 aromatic carbocycles. The first-order valence-electron chi connectivity index (χ1n) is 8.59. The molecule has 0 radical (unpaired) electrons. The van der Waals surface area contributed by atoms with Gasteiger partial charge in [0.05, 0.1) is 23.4 Å². The third-order valence-electron chi connectivity index (χ3n) is 4.15. The van der Waals surface area contributed by atoms with E-state index < -0.39 is 58.4 Å². The number of halogens is 8. The van der Waals surface area contributed by atoms with E-state index in [4.69, 9.17) is 0 Å². The first kappa shape index (κ1) is 26.0. The van der Waals surface area contributed by atoms with Gasteiger partial charge in [-0.1, -0.05) is 0 Å². The van der Waals surface area contributed by atoms with Crippen LogP contribution in [0.5, 0.6) is 0 Å². The molecular formula is C18H13F8N5OS. The summed E-state index contributed by atoms with van der Waals surface area (Å²) >= 11 is 0. The van der Waals surface area contributed by atoms with E-state index in [0.717, 1.165) is 11.0 Å². The molecule has 0 fully saturated rings. The molecule has 0 aliphatic carbocycles. The van der Waals surface area contributed by atoms with Gasteiger partial charge in [0, 0.05) is 11.6 Å². The summed E-state index contributed by atoms with van der Waals surface area (Å²) in [4.78, 5) is 19.7. The van der Waals surface area contributed by atoms with Crippen molar-refractivity contribution in [3.8, 4) is 5.82 Å². The second-order valence-electron chi connectivity index (χ2n) is 6.48. The predicted molar refractivity (Wildman–Crippen MR) is 102 cm³/mol. The lowest BCUT2D eigenvalue weighted by Gasteiger charge is -2.17. The monoisotopic (exact) mass is 499 g/mol. The molecule has 3 rings (SSSR count). The van der Waals surface area contributed by atoms with Crippen LogP contribution in [0, 0.1) is 11.6 Å². The van der Waals surface area contributed by atoms with Crippen molar-refractivity contribution < 1.29 is 39.9 Å². The van der Waals surface area contributed by atoms with Crippen LogP contribution >= 0.6 is 13.5 Å². The Balaban J connectivity index is 0.00000385. The van der Waals surface area contributed by atoms with Gasteiger partial charge in [0.1, 0.15) is 12.1 Å². The summed E-state index contributed by atoms with van der Waals surface area (Å²) in [5, 5.41) is 5.88. The van der Waals surface area contributed by atoms with Crippen molar-refractivity contribution in [3.05, 3.63) is 70.9 Å². The molecule has 0 spiro atoms. The number of carbonyl (C=O) groups excluding carboxylic acids is 1. The van der Waals surface area contributed by atoms with E-state index >= 15 is 0 Å². The number of rotatable bonds is 4. The molecule has 0 aliphatic heterocycles. The maximum atomic E-state index is 14.0. The zero-order valence-electron chi connectivity index (χ0n) is 16.3. The quantitative estimate of drug-likeness (QED) is 0.534. The van der Waals surface area contributed by atoms with Gasteiger partial charge < -0.3 is 5.32 Å². The van der Waals surface area contributed by atoms with E-state index in [1.54, 1.807) is 0 Å². The van der Waals surface area contributed by atoms with Gasteiger partial charge in [-0.3, -0.25) is 4.79 Å². The topological polar surface area (TPSA) is 72.7 Å². The average Bonchev–Trinajstić information content (AvgIpc) is 3.16. The van der Waals surface area contributed by atoms with Crippen LogP contribution in [-0.4, -0.2) is 25.7 Å². The van der Waals surface area contributed by atoms with Crippen molar-refractivity contribution in [3.63, 3.8) is 0 Å². The number of nitrogens with zero attached hydrogens (tertiary/aromatic N) is 4. The summed E-state index contributed by atoms with van der Waals surface area (Å²) in [5.41, 5.74) is -4.23.